The van der Waals surface area contributed by atoms with E-state index in [0.29, 0.717) is 5.39 Å². The minimum Gasteiger partial charge on any atom is -0.309 e. The van der Waals surface area contributed by atoms with Gasteiger partial charge >= 0.3 is 0 Å². The van der Waals surface area contributed by atoms with Gasteiger partial charge in [0.2, 0.25) is 0 Å². The number of benzene rings is 2. The van der Waals surface area contributed by atoms with Crippen molar-refractivity contribution in [1.82, 2.24) is 14.9 Å². The van der Waals surface area contributed by atoms with E-state index in [9.17, 15) is 4.79 Å². The quantitative estimate of drug-likeness (QED) is 0.789. The molecule has 0 spiro atoms. The third-order valence-electron chi connectivity index (χ3n) is 4.44. The van der Waals surface area contributed by atoms with E-state index >= 15 is 0 Å². The van der Waals surface area contributed by atoms with Gasteiger partial charge in [-0.25, -0.2) is 4.98 Å². The van der Waals surface area contributed by atoms with E-state index in [1.807, 2.05) is 18.2 Å². The van der Waals surface area contributed by atoms with Crippen LogP contribution in [0.5, 0.6) is 0 Å². The van der Waals surface area contributed by atoms with Gasteiger partial charge in [0, 0.05) is 13.1 Å². The van der Waals surface area contributed by atoms with Crippen LogP contribution in [0.3, 0.4) is 0 Å². The molecule has 4 rings (SSSR count). The molecule has 1 aliphatic rings. The molecular weight excluding hydrogens is 274 g/mol. The summed E-state index contributed by atoms with van der Waals surface area (Å²) in [5.74, 6) is 0.733. The molecule has 0 saturated carbocycles. The van der Waals surface area contributed by atoms with Gasteiger partial charge in [-0.15, -0.1) is 0 Å². The fourth-order valence-electron chi connectivity index (χ4n) is 3.11. The Hall–Kier alpha value is -2.46. The van der Waals surface area contributed by atoms with Crippen LogP contribution in [-0.2, 0) is 13.1 Å². The number of aromatic amines is 1. The Labute approximate surface area is 128 Å². The van der Waals surface area contributed by atoms with E-state index in [0.717, 1.165) is 24.4 Å². The number of hydrogen-bond donors (Lipinski definition) is 1. The van der Waals surface area contributed by atoms with Crippen molar-refractivity contribution in [3.05, 3.63) is 75.8 Å². The van der Waals surface area contributed by atoms with Gasteiger partial charge in [-0.2, -0.15) is 0 Å². The molecule has 110 valence electrons. The first-order chi connectivity index (χ1) is 10.7. The summed E-state index contributed by atoms with van der Waals surface area (Å²) in [6.45, 7) is 3.89. The predicted molar refractivity (Wildman–Crippen MR) is 86.5 cm³/mol. The van der Waals surface area contributed by atoms with Gasteiger partial charge in [-0.3, -0.25) is 9.69 Å². The van der Waals surface area contributed by atoms with Gasteiger partial charge in [-0.1, -0.05) is 36.4 Å². The summed E-state index contributed by atoms with van der Waals surface area (Å²) in [6.07, 6.45) is 0. The maximum Gasteiger partial charge on any atom is 0.258 e. The molecular formula is C18H17N3O. The maximum absolute atomic E-state index is 12.2. The van der Waals surface area contributed by atoms with Gasteiger partial charge in [0.25, 0.3) is 5.56 Å². The van der Waals surface area contributed by atoms with Crippen LogP contribution >= 0.6 is 0 Å². The van der Waals surface area contributed by atoms with Crippen molar-refractivity contribution in [1.29, 1.82) is 0 Å². The maximum atomic E-state index is 12.2. The van der Waals surface area contributed by atoms with Gasteiger partial charge in [-0.05, 0) is 30.2 Å². The average Bonchev–Trinajstić information content (AvgIpc) is 2.98. The first kappa shape index (κ1) is 13.2. The standard InChI is InChI=1S/C18H17N3O/c1-12(21-10-13-6-2-3-7-14(13)11-21)17-19-16-9-5-4-8-15(16)18(22)20-17/h2-9,12H,10-11H2,1H3,(H,19,20,22). The van der Waals surface area contributed by atoms with Crippen LogP contribution < -0.4 is 5.56 Å². The Balaban J connectivity index is 1.69. The minimum atomic E-state index is -0.0656. The fraction of sp³-hybridized carbons (Fsp3) is 0.222. The smallest absolute Gasteiger partial charge is 0.258 e. The van der Waals surface area contributed by atoms with Crippen molar-refractivity contribution < 1.29 is 0 Å². The van der Waals surface area contributed by atoms with Crippen LogP contribution in [0.1, 0.15) is 29.9 Å². The molecule has 0 aliphatic carbocycles. The van der Waals surface area contributed by atoms with Crippen LogP contribution in [0.15, 0.2) is 53.3 Å². The lowest BCUT2D eigenvalue weighted by Crippen LogP contribution is -2.25. The molecule has 0 amide bonds. The Morgan fingerprint density at radius 2 is 1.68 bits per heavy atom. The molecule has 3 aromatic rings. The molecule has 2 heterocycles. The lowest BCUT2D eigenvalue weighted by Gasteiger charge is -2.23. The Bertz CT molecular complexity index is 875. The summed E-state index contributed by atoms with van der Waals surface area (Å²) in [5, 5.41) is 0.642. The summed E-state index contributed by atoms with van der Waals surface area (Å²) < 4.78 is 0. The number of fused-ring (bicyclic) bond motifs is 2. The SMILES string of the molecule is CC(c1nc2ccccc2c(=O)[nH]1)N1Cc2ccccc2C1. The first-order valence-electron chi connectivity index (χ1n) is 7.52. The summed E-state index contributed by atoms with van der Waals surface area (Å²) >= 11 is 0. The largest absolute Gasteiger partial charge is 0.309 e. The van der Waals surface area contributed by atoms with Gasteiger partial charge in [0.15, 0.2) is 0 Å². The van der Waals surface area contributed by atoms with Crippen molar-refractivity contribution in [2.45, 2.75) is 26.1 Å². The first-order valence-corrected chi connectivity index (χ1v) is 7.52. The number of H-pyrrole nitrogens is 1. The highest BCUT2D eigenvalue weighted by molar-refractivity contribution is 5.77. The van der Waals surface area contributed by atoms with E-state index in [4.69, 9.17) is 0 Å². The number of nitrogens with zero attached hydrogens (tertiary/aromatic N) is 2. The van der Waals surface area contributed by atoms with Crippen LogP contribution in [-0.4, -0.2) is 14.9 Å². The fourth-order valence-corrected chi connectivity index (χ4v) is 3.11. The van der Waals surface area contributed by atoms with Gasteiger partial charge in [0.05, 0.1) is 16.9 Å². The summed E-state index contributed by atoms with van der Waals surface area (Å²) in [4.78, 5) is 22.1. The zero-order valence-electron chi connectivity index (χ0n) is 12.4. The summed E-state index contributed by atoms with van der Waals surface area (Å²) in [6, 6.07) is 16.0. The molecule has 4 heteroatoms. The van der Waals surface area contributed by atoms with Crippen LogP contribution in [0.4, 0.5) is 0 Å². The molecule has 1 unspecified atom stereocenters. The minimum absolute atomic E-state index is 0.0656. The summed E-state index contributed by atoms with van der Waals surface area (Å²) in [7, 11) is 0. The zero-order chi connectivity index (χ0) is 15.1. The van der Waals surface area contributed by atoms with Crippen molar-refractivity contribution in [2.75, 3.05) is 0 Å². The highest BCUT2D eigenvalue weighted by Gasteiger charge is 2.25. The molecule has 0 radical (unpaired) electrons. The molecule has 0 saturated heterocycles. The van der Waals surface area contributed by atoms with Crippen molar-refractivity contribution in [3.8, 4) is 0 Å². The number of hydrogen-bond acceptors (Lipinski definition) is 3. The van der Waals surface area contributed by atoms with Crippen molar-refractivity contribution in [3.63, 3.8) is 0 Å². The topological polar surface area (TPSA) is 49.0 Å². The van der Waals surface area contributed by atoms with E-state index in [1.54, 1.807) is 6.07 Å². The monoisotopic (exact) mass is 291 g/mol. The second kappa shape index (κ2) is 5.07. The van der Waals surface area contributed by atoms with Gasteiger partial charge in [0.1, 0.15) is 5.82 Å². The third-order valence-corrected chi connectivity index (χ3v) is 4.44. The number of nitrogens with one attached hydrogen (secondary N) is 1. The van der Waals surface area contributed by atoms with Crippen LogP contribution in [0.2, 0.25) is 0 Å². The lowest BCUT2D eigenvalue weighted by atomic mass is 10.1. The molecule has 2 aromatic carbocycles. The molecule has 0 fully saturated rings. The van der Waals surface area contributed by atoms with Crippen LogP contribution in [0, 0.1) is 0 Å². The van der Waals surface area contributed by atoms with E-state index in [1.165, 1.54) is 11.1 Å². The van der Waals surface area contributed by atoms with E-state index < -0.39 is 0 Å². The molecule has 22 heavy (non-hydrogen) atoms. The second-order valence-corrected chi connectivity index (χ2v) is 5.82. The normalized spacial score (nSPS) is 15.9. The molecule has 1 N–H and O–H groups in total. The molecule has 0 bridgehead atoms. The predicted octanol–water partition coefficient (Wildman–Crippen LogP) is 3.00. The molecule has 1 atom stereocenters. The Morgan fingerprint density at radius 3 is 2.41 bits per heavy atom. The van der Waals surface area contributed by atoms with Gasteiger partial charge < -0.3 is 4.98 Å². The number of para-hydroxylation sites is 1. The third kappa shape index (κ3) is 2.12. The highest BCUT2D eigenvalue weighted by Crippen LogP contribution is 2.29. The van der Waals surface area contributed by atoms with Crippen LogP contribution in [0.25, 0.3) is 10.9 Å². The highest BCUT2D eigenvalue weighted by atomic mass is 16.1. The Kier molecular flexibility index (Phi) is 3.05. The summed E-state index contributed by atoms with van der Waals surface area (Å²) in [5.41, 5.74) is 3.41. The second-order valence-electron chi connectivity index (χ2n) is 5.82. The zero-order valence-corrected chi connectivity index (χ0v) is 12.4. The number of aromatic nitrogens is 2. The van der Waals surface area contributed by atoms with E-state index in [2.05, 4.69) is 46.1 Å². The van der Waals surface area contributed by atoms with E-state index in [-0.39, 0.29) is 11.6 Å². The molecule has 1 aromatic heterocycles. The Morgan fingerprint density at radius 1 is 1.05 bits per heavy atom. The molecule has 1 aliphatic heterocycles. The van der Waals surface area contributed by atoms with Crippen molar-refractivity contribution >= 4 is 10.9 Å². The van der Waals surface area contributed by atoms with Crippen molar-refractivity contribution in [2.24, 2.45) is 0 Å². The number of rotatable bonds is 2. The molecule has 4 nitrogen and oxygen atoms in total. The lowest BCUT2D eigenvalue weighted by molar-refractivity contribution is 0.207. The average molecular weight is 291 g/mol.